The minimum absolute atomic E-state index is 0.0113. The summed E-state index contributed by atoms with van der Waals surface area (Å²) in [4.78, 5) is 70.0. The van der Waals surface area contributed by atoms with Crippen LogP contribution < -0.4 is 21.6 Å². The first-order valence-corrected chi connectivity index (χ1v) is 20.9. The Kier molecular flexibility index (Phi) is 19.6. The van der Waals surface area contributed by atoms with E-state index in [1.165, 1.54) is 24.5 Å². The number of anilines is 2. The standard InChI is InChI=1S/C23H37N3O9.C18H29N3O7/c1-8-31-12-15-18(32-9-2)17(28)19(34-15)25-11-10-16(24-20(25)29)26(13-23(6,7)33-14-27)21(30)35-22(3,4)5;1-6-25-10-11-14(26-7-2)13(22)15(27-11)21-9-8-12(19-16(21)23)20-17(24)28-18(3,4)5/h10-11,14-15,17-19,28H,8-9,12-13H2,1-7H3;8-9,11,13-15,22H,6-7,10H2,1-5H3,(H,19,20,23,24)/t15-,17?,18+,19-;11-,13?,14+,15-/m11/s1. The normalized spacial score (nSPS) is 23.7. The first kappa shape index (κ1) is 52.8. The number of hydrogen-bond acceptors (Lipinski definition) is 18. The third-order valence-electron chi connectivity index (χ3n) is 8.93. The Balaban J connectivity index is 0.000000344. The predicted octanol–water partition coefficient (Wildman–Crippen LogP) is 2.93. The van der Waals surface area contributed by atoms with E-state index in [1.54, 1.807) is 62.3 Å². The van der Waals surface area contributed by atoms with Crippen LogP contribution in [0.2, 0.25) is 0 Å². The molecule has 63 heavy (non-hydrogen) atoms. The van der Waals surface area contributed by atoms with Gasteiger partial charge in [-0.15, -0.1) is 0 Å². The molecule has 2 unspecified atom stereocenters. The van der Waals surface area contributed by atoms with Crippen LogP contribution in [0.1, 0.15) is 95.5 Å². The number of hydrogen-bond donors (Lipinski definition) is 3. The summed E-state index contributed by atoms with van der Waals surface area (Å²) in [6.07, 6.45) is -5.41. The highest BCUT2D eigenvalue weighted by atomic mass is 16.6. The van der Waals surface area contributed by atoms with Gasteiger partial charge >= 0.3 is 23.6 Å². The monoisotopic (exact) mass is 898 g/mol. The number of aliphatic hydroxyl groups is 2. The van der Waals surface area contributed by atoms with Gasteiger partial charge in [0.2, 0.25) is 0 Å². The smallest absolute Gasteiger partial charge is 0.416 e. The van der Waals surface area contributed by atoms with E-state index in [0.29, 0.717) is 26.4 Å². The Morgan fingerprint density at radius 2 is 1.24 bits per heavy atom. The van der Waals surface area contributed by atoms with Crippen molar-refractivity contribution in [3.8, 4) is 0 Å². The largest absolute Gasteiger partial charge is 0.460 e. The molecular formula is C41H66N6O16. The van der Waals surface area contributed by atoms with Gasteiger partial charge in [0.25, 0.3) is 6.47 Å². The Morgan fingerprint density at radius 3 is 1.65 bits per heavy atom. The van der Waals surface area contributed by atoms with Crippen molar-refractivity contribution < 1.29 is 67.2 Å². The Morgan fingerprint density at radius 1 is 0.762 bits per heavy atom. The van der Waals surface area contributed by atoms with Crippen molar-refractivity contribution >= 4 is 30.3 Å². The molecule has 2 aliphatic rings. The molecule has 2 amide bonds. The van der Waals surface area contributed by atoms with Crippen molar-refractivity contribution in [2.45, 2.75) is 149 Å². The maximum atomic E-state index is 13.0. The predicted molar refractivity (Wildman–Crippen MR) is 225 cm³/mol. The van der Waals surface area contributed by atoms with E-state index in [2.05, 4.69) is 15.3 Å². The molecule has 8 atom stereocenters. The first-order chi connectivity index (χ1) is 29.5. The van der Waals surface area contributed by atoms with E-state index >= 15 is 0 Å². The van der Waals surface area contributed by atoms with Crippen molar-refractivity contribution in [2.75, 3.05) is 56.4 Å². The van der Waals surface area contributed by atoms with Crippen molar-refractivity contribution in [2.24, 2.45) is 0 Å². The zero-order valence-electron chi connectivity index (χ0n) is 38.3. The van der Waals surface area contributed by atoms with Crippen LogP contribution in [-0.2, 0) is 47.4 Å². The molecule has 2 fully saturated rings. The van der Waals surface area contributed by atoms with Crippen LogP contribution in [0.3, 0.4) is 0 Å². The maximum Gasteiger partial charge on any atom is 0.416 e. The van der Waals surface area contributed by atoms with Crippen LogP contribution in [0.4, 0.5) is 21.2 Å². The number of amides is 2. The number of nitrogens with one attached hydrogen (secondary N) is 1. The highest BCUT2D eigenvalue weighted by molar-refractivity contribution is 5.86. The Labute approximate surface area is 367 Å². The molecule has 4 rings (SSSR count). The van der Waals surface area contributed by atoms with Gasteiger partial charge in [0.15, 0.2) is 12.5 Å². The number of aromatic nitrogens is 4. The third-order valence-corrected chi connectivity index (χ3v) is 8.93. The number of carbonyl (C=O) groups excluding carboxylic acids is 3. The molecule has 356 valence electrons. The van der Waals surface area contributed by atoms with Crippen LogP contribution in [-0.4, -0.2) is 148 Å². The fourth-order valence-corrected chi connectivity index (χ4v) is 6.37. The van der Waals surface area contributed by atoms with Crippen LogP contribution >= 0.6 is 0 Å². The Bertz CT molecular complexity index is 1900. The summed E-state index contributed by atoms with van der Waals surface area (Å²) in [5, 5.41) is 23.8. The second-order valence-corrected chi connectivity index (χ2v) is 16.9. The topological polar surface area (TPSA) is 260 Å². The lowest BCUT2D eigenvalue weighted by Gasteiger charge is -2.32. The van der Waals surface area contributed by atoms with Gasteiger partial charge in [0.1, 0.15) is 65.1 Å². The van der Waals surface area contributed by atoms with E-state index in [9.17, 15) is 34.2 Å². The summed E-state index contributed by atoms with van der Waals surface area (Å²) in [5.74, 6) is 0.0259. The number of nitrogens with zero attached hydrogens (tertiary/aromatic N) is 5. The highest BCUT2D eigenvalue weighted by Gasteiger charge is 2.47. The van der Waals surface area contributed by atoms with Crippen LogP contribution in [0.25, 0.3) is 0 Å². The quantitative estimate of drug-likeness (QED) is 0.144. The van der Waals surface area contributed by atoms with Crippen LogP contribution in [0.5, 0.6) is 0 Å². The number of carbonyl (C=O) groups is 3. The molecule has 22 heteroatoms. The second kappa shape index (κ2) is 23.4. The molecule has 0 aromatic carbocycles. The molecule has 0 spiro atoms. The molecule has 0 saturated carbocycles. The second-order valence-electron chi connectivity index (χ2n) is 16.9. The fraction of sp³-hybridized carbons (Fsp3) is 0.732. The molecule has 22 nitrogen and oxygen atoms in total. The fourth-order valence-electron chi connectivity index (χ4n) is 6.37. The summed E-state index contributed by atoms with van der Waals surface area (Å²) in [6, 6.07) is 2.84. The van der Waals surface area contributed by atoms with Gasteiger partial charge in [-0.3, -0.25) is 24.1 Å². The molecule has 4 heterocycles. The van der Waals surface area contributed by atoms with Crippen LogP contribution in [0, 0.1) is 0 Å². The zero-order chi connectivity index (χ0) is 47.3. The van der Waals surface area contributed by atoms with Gasteiger partial charge in [-0.1, -0.05) is 0 Å². The van der Waals surface area contributed by atoms with Gasteiger partial charge in [-0.25, -0.2) is 19.2 Å². The molecule has 0 aliphatic carbocycles. The molecule has 2 aromatic heterocycles. The molecule has 2 aliphatic heterocycles. The first-order valence-electron chi connectivity index (χ1n) is 20.9. The SMILES string of the molecule is CCOC[C@H]1O[C@@H](n2ccc(N(CC(C)(C)OC=O)C(=O)OC(C)(C)C)nc2=O)C(O)[C@H]1OCC.CCOC[C@H]1O[C@@H](n2ccc(NC(=O)OC(C)(C)C)nc2=O)C(O)[C@H]1OCC. The minimum atomic E-state index is -1.15. The van der Waals surface area contributed by atoms with Gasteiger partial charge in [0, 0.05) is 38.8 Å². The lowest BCUT2D eigenvalue weighted by atomic mass is 10.1. The molecular weight excluding hydrogens is 832 g/mol. The van der Waals surface area contributed by atoms with E-state index < -0.39 is 89.4 Å². The minimum Gasteiger partial charge on any atom is -0.460 e. The molecule has 2 saturated heterocycles. The lowest BCUT2D eigenvalue weighted by molar-refractivity contribution is -0.139. The van der Waals surface area contributed by atoms with Gasteiger partial charge < -0.3 is 52.8 Å². The lowest BCUT2D eigenvalue weighted by Crippen LogP contribution is -2.47. The summed E-state index contributed by atoms with van der Waals surface area (Å²) < 4.78 is 51.7. The van der Waals surface area contributed by atoms with E-state index in [-0.39, 0.29) is 37.9 Å². The summed E-state index contributed by atoms with van der Waals surface area (Å²) in [7, 11) is 0. The van der Waals surface area contributed by atoms with Gasteiger partial charge in [-0.05, 0) is 95.2 Å². The van der Waals surface area contributed by atoms with Gasteiger partial charge in [-0.2, -0.15) is 9.97 Å². The average molecular weight is 899 g/mol. The molecule has 0 radical (unpaired) electrons. The summed E-state index contributed by atoms with van der Waals surface area (Å²) in [5.41, 5.74) is -4.03. The molecule has 0 bridgehead atoms. The van der Waals surface area contributed by atoms with E-state index in [4.69, 9.17) is 42.6 Å². The summed E-state index contributed by atoms with van der Waals surface area (Å²) in [6.45, 7) is 23.0. The third kappa shape index (κ3) is 15.6. The summed E-state index contributed by atoms with van der Waals surface area (Å²) >= 11 is 0. The van der Waals surface area contributed by atoms with Crippen molar-refractivity contribution in [3.63, 3.8) is 0 Å². The van der Waals surface area contributed by atoms with Crippen molar-refractivity contribution in [1.29, 1.82) is 0 Å². The zero-order valence-corrected chi connectivity index (χ0v) is 38.3. The number of aliphatic hydroxyl groups excluding tert-OH is 2. The molecule has 3 N–H and O–H groups in total. The molecule has 2 aromatic rings. The number of ether oxygens (including phenoxy) is 9. The van der Waals surface area contributed by atoms with Gasteiger partial charge in [0.05, 0.1) is 19.8 Å². The van der Waals surface area contributed by atoms with E-state index in [0.717, 1.165) is 14.0 Å². The highest BCUT2D eigenvalue weighted by Crippen LogP contribution is 2.32. The average Bonchev–Trinajstić information content (AvgIpc) is 3.65. The van der Waals surface area contributed by atoms with Crippen molar-refractivity contribution in [1.82, 2.24) is 19.1 Å². The van der Waals surface area contributed by atoms with Crippen LogP contribution in [0.15, 0.2) is 34.1 Å². The Hall–Kier alpha value is -4.55. The number of rotatable bonds is 18. The van der Waals surface area contributed by atoms with E-state index in [1.807, 2.05) is 20.8 Å². The van der Waals surface area contributed by atoms with Crippen molar-refractivity contribution in [3.05, 3.63) is 45.5 Å². The maximum absolute atomic E-state index is 13.0.